The fraction of sp³-hybridized carbons (Fsp3) is 0.556. The zero-order chi connectivity index (χ0) is 18.4. The molecular weight excluding hydrogens is 406 g/mol. The van der Waals surface area contributed by atoms with Crippen LogP contribution in [0.4, 0.5) is 0 Å². The van der Waals surface area contributed by atoms with E-state index in [2.05, 4.69) is 43.7 Å². The van der Waals surface area contributed by atoms with Crippen molar-refractivity contribution >= 4 is 32.1 Å². The minimum absolute atomic E-state index is 0.254. The third kappa shape index (κ3) is 5.61. The van der Waals surface area contributed by atoms with Gasteiger partial charge >= 0.3 is 33.2 Å². The van der Waals surface area contributed by atoms with E-state index in [4.69, 9.17) is 29.8 Å². The van der Waals surface area contributed by atoms with Gasteiger partial charge in [-0.1, -0.05) is 33.8 Å². The number of rotatable bonds is 4. The van der Waals surface area contributed by atoms with Crippen LogP contribution in [0.1, 0.15) is 38.8 Å². The molecule has 25 heavy (non-hydrogen) atoms. The number of halogens is 2. The predicted octanol–water partition coefficient (Wildman–Crippen LogP) is 4.67. The van der Waals surface area contributed by atoms with Crippen molar-refractivity contribution in [3.05, 3.63) is 35.4 Å². The molecule has 1 aromatic rings. The minimum atomic E-state index is 0.254. The summed E-state index contributed by atoms with van der Waals surface area (Å²) in [5, 5.41) is 0. The van der Waals surface area contributed by atoms with E-state index in [0.29, 0.717) is 37.9 Å². The quantitative estimate of drug-likeness (QED) is 0.697. The Morgan fingerprint density at radius 3 is 1.64 bits per heavy atom. The Labute approximate surface area is 164 Å². The van der Waals surface area contributed by atoms with Crippen molar-refractivity contribution in [1.82, 2.24) is 0 Å². The van der Waals surface area contributed by atoms with Crippen molar-refractivity contribution in [2.75, 3.05) is 13.2 Å². The topological polar surface area (TPSA) is 43.2 Å². The summed E-state index contributed by atoms with van der Waals surface area (Å²) in [6, 6.07) is 8.63. The molecule has 0 saturated heterocycles. The molecule has 0 N–H and O–H groups in total. The van der Waals surface area contributed by atoms with Crippen molar-refractivity contribution in [2.45, 2.75) is 39.8 Å². The van der Waals surface area contributed by atoms with Gasteiger partial charge in [0.05, 0.1) is 12.1 Å². The van der Waals surface area contributed by atoms with Crippen LogP contribution in [-0.4, -0.2) is 37.1 Å². The first kappa shape index (κ1) is 20.6. The van der Waals surface area contributed by atoms with E-state index in [0.717, 1.165) is 22.9 Å². The Kier molecular flexibility index (Phi) is 8.07. The van der Waals surface area contributed by atoms with Crippen molar-refractivity contribution in [1.29, 1.82) is 0 Å². The summed E-state index contributed by atoms with van der Waals surface area (Å²) in [6.45, 7) is 10.0. The van der Waals surface area contributed by atoms with E-state index in [1.54, 1.807) is 0 Å². The number of nitrogens with zero attached hydrogens (tertiary/aromatic N) is 2. The Morgan fingerprint density at radius 1 is 0.920 bits per heavy atom. The summed E-state index contributed by atoms with van der Waals surface area (Å²) in [5.41, 5.74) is 2.00. The van der Waals surface area contributed by atoms with Gasteiger partial charge in [-0.3, -0.25) is 0 Å². The third-order valence-corrected chi connectivity index (χ3v) is 4.24. The summed E-state index contributed by atoms with van der Waals surface area (Å²) in [5.74, 6) is 2.46. The molecule has 0 fully saturated rings. The first-order chi connectivity index (χ1) is 12.0. The van der Waals surface area contributed by atoms with Gasteiger partial charge in [0.1, 0.15) is 13.2 Å². The maximum atomic E-state index is 5.76. The molecule has 141 valence electrons. The Hall–Kier alpha value is -0.754. The predicted molar refractivity (Wildman–Crippen MR) is 100 cm³/mol. The van der Waals surface area contributed by atoms with E-state index in [-0.39, 0.29) is 12.1 Å². The van der Waals surface area contributed by atoms with Crippen LogP contribution in [0, 0.1) is 11.8 Å². The molecule has 0 amide bonds. The van der Waals surface area contributed by atoms with Crippen molar-refractivity contribution in [3.8, 4) is 0 Å². The maximum absolute atomic E-state index is 5.76. The van der Waals surface area contributed by atoms with Crippen LogP contribution in [0.2, 0.25) is 0 Å². The molecule has 2 aliphatic rings. The standard InChI is InChI=1S/C18H24N2O2.2ClH.Co/c1-11(2)15-9-21-17(19-15)13-6-5-7-14(8-13)18-20-16(10-22-18)12(3)4;;;/h5-8,11-12,15-16H,9-10H2,1-4H3;2*1H;/q;;;+2/p-2/t15-,16-;;;/m0.../s1. The van der Waals surface area contributed by atoms with Crippen LogP contribution in [0.3, 0.4) is 0 Å². The van der Waals surface area contributed by atoms with Gasteiger partial charge in [-0.15, -0.1) is 0 Å². The van der Waals surface area contributed by atoms with E-state index in [9.17, 15) is 0 Å². The molecule has 0 aromatic heterocycles. The number of hydrogen-bond donors (Lipinski definition) is 0. The summed E-state index contributed by atoms with van der Waals surface area (Å²) < 4.78 is 11.5. The van der Waals surface area contributed by atoms with Crippen molar-refractivity contribution in [3.63, 3.8) is 0 Å². The Balaban J connectivity index is 0.000000701. The van der Waals surface area contributed by atoms with Gasteiger partial charge in [-0.2, -0.15) is 0 Å². The molecule has 2 heterocycles. The molecule has 0 spiro atoms. The van der Waals surface area contributed by atoms with Crippen molar-refractivity contribution < 1.29 is 22.4 Å². The van der Waals surface area contributed by atoms with Crippen LogP contribution < -0.4 is 0 Å². The second kappa shape index (κ2) is 9.81. The molecule has 0 aliphatic carbocycles. The number of aliphatic imine (C=N–C) groups is 2. The number of hydrogen-bond acceptors (Lipinski definition) is 4. The van der Waals surface area contributed by atoms with Crippen LogP contribution in [0.5, 0.6) is 0 Å². The molecule has 0 bridgehead atoms. The Morgan fingerprint density at radius 2 is 1.32 bits per heavy atom. The molecule has 2 atom stereocenters. The van der Waals surface area contributed by atoms with E-state index >= 15 is 0 Å². The van der Waals surface area contributed by atoms with E-state index in [1.807, 2.05) is 18.2 Å². The normalized spacial score (nSPS) is 22.2. The summed E-state index contributed by atoms with van der Waals surface area (Å²) in [7, 11) is 9.47. The van der Waals surface area contributed by atoms with Gasteiger partial charge in [0.25, 0.3) is 0 Å². The SMILES string of the molecule is CC(C)[C@@H]1COC(c2cccc(C3=N[C@H](C(C)C)CO3)c2)=N1.[Cl][Co][Cl]. The van der Waals surface area contributed by atoms with E-state index < -0.39 is 0 Å². The van der Waals surface area contributed by atoms with Crippen molar-refractivity contribution in [2.24, 2.45) is 21.8 Å². The van der Waals surface area contributed by atoms with Gasteiger partial charge in [0.2, 0.25) is 11.8 Å². The first-order valence-corrected chi connectivity index (χ1v) is 11.2. The first-order valence-electron chi connectivity index (χ1n) is 8.32. The summed E-state index contributed by atoms with van der Waals surface area (Å²) >= 11 is 0.382. The molecule has 7 heteroatoms. The molecule has 0 unspecified atom stereocenters. The van der Waals surface area contributed by atoms with Crippen LogP contribution in [0.25, 0.3) is 0 Å². The molecule has 0 radical (unpaired) electrons. The fourth-order valence-corrected chi connectivity index (χ4v) is 2.56. The van der Waals surface area contributed by atoms with Gasteiger partial charge in [0.15, 0.2) is 0 Å². The fourth-order valence-electron chi connectivity index (χ4n) is 2.56. The second-order valence-corrected chi connectivity index (χ2v) is 8.46. The summed E-state index contributed by atoms with van der Waals surface area (Å²) in [6.07, 6.45) is 0. The molecule has 2 aliphatic heterocycles. The molecule has 1 aromatic carbocycles. The summed E-state index contributed by atoms with van der Waals surface area (Å²) in [4.78, 5) is 9.36. The second-order valence-electron chi connectivity index (χ2n) is 6.74. The van der Waals surface area contributed by atoms with Crippen LogP contribution in [0.15, 0.2) is 34.3 Å². The van der Waals surface area contributed by atoms with Gasteiger partial charge in [0, 0.05) is 11.1 Å². The van der Waals surface area contributed by atoms with Gasteiger partial charge < -0.3 is 9.47 Å². The number of ether oxygens (including phenoxy) is 2. The zero-order valence-electron chi connectivity index (χ0n) is 14.8. The zero-order valence-corrected chi connectivity index (χ0v) is 17.4. The average molecular weight is 430 g/mol. The molecule has 0 saturated carbocycles. The number of benzene rings is 1. The van der Waals surface area contributed by atoms with Crippen LogP contribution in [-0.2, 0) is 22.4 Å². The third-order valence-electron chi connectivity index (χ3n) is 4.24. The molecule has 4 nitrogen and oxygen atoms in total. The van der Waals surface area contributed by atoms with E-state index in [1.165, 1.54) is 0 Å². The Bertz CT molecular complexity index is 586. The average Bonchev–Trinajstić information content (AvgIpc) is 3.26. The molecule has 3 rings (SSSR count). The van der Waals surface area contributed by atoms with Gasteiger partial charge in [-0.05, 0) is 30.0 Å². The monoisotopic (exact) mass is 429 g/mol. The van der Waals surface area contributed by atoms with Crippen LogP contribution >= 0.6 is 20.3 Å². The van der Waals surface area contributed by atoms with Gasteiger partial charge in [-0.25, -0.2) is 9.98 Å². The molecular formula is C18H24Cl2CoN2O2.